The normalized spacial score (nSPS) is 8.50. The maximum atomic E-state index is 10.1. The Balaban J connectivity index is 3.40. The average molecular weight is 164 g/mol. The minimum absolute atomic E-state index is 0.128. The van der Waals surface area contributed by atoms with Crippen molar-refractivity contribution in [1.29, 1.82) is 0 Å². The number of hydrogen-bond acceptors (Lipinski definition) is 4. The van der Waals surface area contributed by atoms with Crippen LogP contribution >= 0.6 is 0 Å². The SMILES string of the molecule is CC(=O)OCCC=S(=O)=O. The van der Waals surface area contributed by atoms with Gasteiger partial charge in [-0.05, 0) is 0 Å². The van der Waals surface area contributed by atoms with E-state index in [-0.39, 0.29) is 13.0 Å². The van der Waals surface area contributed by atoms with E-state index in [1.54, 1.807) is 0 Å². The summed E-state index contributed by atoms with van der Waals surface area (Å²) in [4.78, 5) is 10.1. The zero-order valence-electron chi connectivity index (χ0n) is 5.53. The van der Waals surface area contributed by atoms with Crippen LogP contribution in [-0.4, -0.2) is 26.4 Å². The Kier molecular flexibility index (Phi) is 4.57. The summed E-state index contributed by atoms with van der Waals surface area (Å²) in [5.74, 6) is -0.398. The second kappa shape index (κ2) is 4.99. The van der Waals surface area contributed by atoms with Crippen LogP contribution < -0.4 is 0 Å². The van der Waals surface area contributed by atoms with Gasteiger partial charge in [0, 0.05) is 18.7 Å². The molecule has 0 radical (unpaired) electrons. The van der Waals surface area contributed by atoms with E-state index in [9.17, 15) is 13.2 Å². The van der Waals surface area contributed by atoms with Crippen LogP contribution in [0.4, 0.5) is 0 Å². The van der Waals surface area contributed by atoms with Crippen LogP contribution in [0, 0.1) is 0 Å². The van der Waals surface area contributed by atoms with Crippen molar-refractivity contribution >= 4 is 21.6 Å². The Labute approximate surface area is 60.3 Å². The van der Waals surface area contributed by atoms with Crippen molar-refractivity contribution in [2.45, 2.75) is 13.3 Å². The maximum absolute atomic E-state index is 10.1. The molecule has 4 nitrogen and oxygen atoms in total. The van der Waals surface area contributed by atoms with Gasteiger partial charge in [-0.2, -0.15) is 8.42 Å². The van der Waals surface area contributed by atoms with Crippen LogP contribution in [0.1, 0.15) is 13.3 Å². The lowest BCUT2D eigenvalue weighted by Crippen LogP contribution is -2.00. The maximum Gasteiger partial charge on any atom is 0.302 e. The van der Waals surface area contributed by atoms with Gasteiger partial charge in [0.05, 0.1) is 6.61 Å². The molecule has 5 heteroatoms. The number of rotatable bonds is 3. The van der Waals surface area contributed by atoms with E-state index in [2.05, 4.69) is 4.74 Å². The lowest BCUT2D eigenvalue weighted by atomic mass is 10.5. The first kappa shape index (κ1) is 9.16. The molecule has 58 valence electrons. The third-order valence-electron chi connectivity index (χ3n) is 0.677. The standard InChI is InChI=1S/C5H8O4S/c1-5(6)9-3-2-4-10(7)8/h4H,2-3H2,1H3. The van der Waals surface area contributed by atoms with E-state index in [0.29, 0.717) is 0 Å². The Hall–Kier alpha value is -0.840. The van der Waals surface area contributed by atoms with Crippen molar-refractivity contribution in [3.05, 3.63) is 0 Å². The van der Waals surface area contributed by atoms with Crippen molar-refractivity contribution in [2.24, 2.45) is 0 Å². The number of ether oxygens (including phenoxy) is 1. The van der Waals surface area contributed by atoms with Crippen molar-refractivity contribution in [1.82, 2.24) is 0 Å². The average Bonchev–Trinajstić information content (AvgIpc) is 1.79. The largest absolute Gasteiger partial charge is 0.466 e. The van der Waals surface area contributed by atoms with E-state index >= 15 is 0 Å². The highest BCUT2D eigenvalue weighted by Crippen LogP contribution is 1.78. The molecule has 0 rings (SSSR count). The first-order chi connectivity index (χ1) is 4.63. The predicted molar refractivity (Wildman–Crippen MR) is 36.2 cm³/mol. The fourth-order valence-electron chi connectivity index (χ4n) is 0.347. The molecule has 0 heterocycles. The van der Waals surface area contributed by atoms with Crippen LogP contribution in [0.2, 0.25) is 0 Å². The van der Waals surface area contributed by atoms with Crippen molar-refractivity contribution in [2.75, 3.05) is 6.61 Å². The van der Waals surface area contributed by atoms with Crippen molar-refractivity contribution in [3.8, 4) is 0 Å². The first-order valence-electron chi connectivity index (χ1n) is 2.67. The molecule has 0 N–H and O–H groups in total. The lowest BCUT2D eigenvalue weighted by molar-refractivity contribution is -0.140. The minimum atomic E-state index is -2.15. The highest BCUT2D eigenvalue weighted by atomic mass is 32.2. The van der Waals surface area contributed by atoms with Gasteiger partial charge in [-0.3, -0.25) is 4.79 Å². The van der Waals surface area contributed by atoms with E-state index in [1.165, 1.54) is 6.92 Å². The molecule has 0 saturated carbocycles. The van der Waals surface area contributed by atoms with Crippen molar-refractivity contribution < 1.29 is 17.9 Å². The van der Waals surface area contributed by atoms with Gasteiger partial charge in [0.2, 0.25) is 10.3 Å². The smallest absolute Gasteiger partial charge is 0.302 e. The second-order valence-corrected chi connectivity index (χ2v) is 2.41. The fraction of sp³-hybridized carbons (Fsp3) is 0.600. The zero-order valence-corrected chi connectivity index (χ0v) is 6.35. The van der Waals surface area contributed by atoms with Gasteiger partial charge in [0.15, 0.2) is 0 Å². The minimum Gasteiger partial charge on any atom is -0.466 e. The quantitative estimate of drug-likeness (QED) is 0.324. The third-order valence-corrected chi connectivity index (χ3v) is 1.18. The van der Waals surface area contributed by atoms with Gasteiger partial charge >= 0.3 is 5.97 Å². The van der Waals surface area contributed by atoms with Gasteiger partial charge in [-0.15, -0.1) is 0 Å². The number of carbonyl (C=O) groups excluding carboxylic acids is 1. The lowest BCUT2D eigenvalue weighted by Gasteiger charge is -1.94. The number of hydrogen-bond donors (Lipinski definition) is 0. The van der Waals surface area contributed by atoms with Crippen molar-refractivity contribution in [3.63, 3.8) is 0 Å². The van der Waals surface area contributed by atoms with Gasteiger partial charge in [-0.25, -0.2) is 0 Å². The van der Waals surface area contributed by atoms with Gasteiger partial charge in [0.1, 0.15) is 0 Å². The van der Waals surface area contributed by atoms with E-state index in [1.807, 2.05) is 0 Å². The molecule has 0 saturated heterocycles. The summed E-state index contributed by atoms with van der Waals surface area (Å²) in [6, 6.07) is 0. The molecule has 0 unspecified atom stereocenters. The van der Waals surface area contributed by atoms with Gasteiger partial charge in [0.25, 0.3) is 0 Å². The monoisotopic (exact) mass is 164 g/mol. The van der Waals surface area contributed by atoms with Crippen LogP contribution in [0.15, 0.2) is 0 Å². The van der Waals surface area contributed by atoms with E-state index in [4.69, 9.17) is 0 Å². The van der Waals surface area contributed by atoms with Gasteiger partial charge in [-0.1, -0.05) is 0 Å². The summed E-state index contributed by atoms with van der Waals surface area (Å²) < 4.78 is 24.1. The molecule has 0 atom stereocenters. The molecule has 0 aromatic carbocycles. The molecule has 0 fully saturated rings. The summed E-state index contributed by atoms with van der Waals surface area (Å²) in [5.41, 5.74) is 0. The number of carbonyl (C=O) groups is 1. The summed E-state index contributed by atoms with van der Waals surface area (Å²) >= 11 is 0. The predicted octanol–water partition coefficient (Wildman–Crippen LogP) is -0.379. The first-order valence-corrected chi connectivity index (χ1v) is 3.81. The Bertz CT molecular complexity index is 218. The fourth-order valence-corrected chi connectivity index (χ4v) is 0.636. The van der Waals surface area contributed by atoms with Crippen LogP contribution in [0.3, 0.4) is 0 Å². The van der Waals surface area contributed by atoms with Crippen LogP contribution in [0.25, 0.3) is 0 Å². The molecular weight excluding hydrogens is 156 g/mol. The zero-order chi connectivity index (χ0) is 7.98. The van der Waals surface area contributed by atoms with E-state index in [0.717, 1.165) is 5.37 Å². The summed E-state index contributed by atoms with van der Waals surface area (Å²) in [6.07, 6.45) is 0.246. The summed E-state index contributed by atoms with van der Waals surface area (Å²) in [5, 5.41) is 1.04. The molecule has 0 aliphatic heterocycles. The van der Waals surface area contributed by atoms with Gasteiger partial charge < -0.3 is 4.74 Å². The van der Waals surface area contributed by atoms with E-state index < -0.39 is 16.3 Å². The molecule has 0 spiro atoms. The van der Waals surface area contributed by atoms with Crippen LogP contribution in [-0.2, 0) is 19.8 Å². The summed E-state index contributed by atoms with van der Waals surface area (Å²) in [7, 11) is -2.15. The molecular formula is C5H8O4S. The highest BCUT2D eigenvalue weighted by Gasteiger charge is 1.88. The molecule has 0 aromatic rings. The number of esters is 1. The molecule has 0 aromatic heterocycles. The third kappa shape index (κ3) is 7.16. The molecule has 0 aliphatic rings. The second-order valence-electron chi connectivity index (χ2n) is 1.56. The highest BCUT2D eigenvalue weighted by molar-refractivity contribution is 7.71. The Morgan fingerprint density at radius 3 is 2.60 bits per heavy atom. The molecule has 0 amide bonds. The molecule has 0 bridgehead atoms. The summed E-state index contributed by atoms with van der Waals surface area (Å²) in [6.45, 7) is 1.40. The topological polar surface area (TPSA) is 60.4 Å². The van der Waals surface area contributed by atoms with Crippen LogP contribution in [0.5, 0.6) is 0 Å². The molecule has 0 aliphatic carbocycles. The molecule has 10 heavy (non-hydrogen) atoms. The Morgan fingerprint density at radius 2 is 2.20 bits per heavy atom. The Morgan fingerprint density at radius 1 is 1.60 bits per heavy atom.